The minimum Gasteiger partial charge on any atom is -0.361 e. The molecular weight excluding hydrogens is 395 g/mol. The van der Waals surface area contributed by atoms with Crippen LogP contribution >= 0.6 is 0 Å². The Bertz CT molecular complexity index is 893. The maximum atomic E-state index is 13.4. The Morgan fingerprint density at radius 3 is 2.97 bits per heavy atom. The zero-order valence-electron chi connectivity index (χ0n) is 18.9. The van der Waals surface area contributed by atoms with Crippen LogP contribution in [0.5, 0.6) is 0 Å². The summed E-state index contributed by atoms with van der Waals surface area (Å²) >= 11 is 0. The molecule has 1 fully saturated rings. The Morgan fingerprint density at radius 1 is 1.35 bits per heavy atom. The fourth-order valence-corrected chi connectivity index (χ4v) is 4.16. The Labute approximate surface area is 184 Å². The molecule has 3 N–H and O–H groups in total. The number of aromatic nitrogens is 1. The second-order valence-electron chi connectivity index (χ2n) is 8.22. The van der Waals surface area contributed by atoms with Crippen molar-refractivity contribution in [2.24, 2.45) is 4.99 Å². The summed E-state index contributed by atoms with van der Waals surface area (Å²) in [6.45, 7) is 6.17. The van der Waals surface area contributed by atoms with Crippen LogP contribution in [-0.2, 0) is 11.2 Å². The number of H-pyrrole nitrogens is 1. The summed E-state index contributed by atoms with van der Waals surface area (Å²) in [5.41, 5.74) is 1.98. The van der Waals surface area contributed by atoms with Gasteiger partial charge in [-0.1, -0.05) is 0 Å². The summed E-state index contributed by atoms with van der Waals surface area (Å²) in [5.74, 6) is 0.777. The number of guanidine groups is 1. The lowest BCUT2D eigenvalue weighted by molar-refractivity contribution is -0.133. The van der Waals surface area contributed by atoms with E-state index in [2.05, 4.69) is 25.5 Å². The summed E-state index contributed by atoms with van der Waals surface area (Å²) in [4.78, 5) is 24.1. The number of carbonyl (C=O) groups is 1. The number of hydrogen-bond donors (Lipinski definition) is 3. The van der Waals surface area contributed by atoms with Gasteiger partial charge in [0.1, 0.15) is 5.82 Å². The molecule has 2 aromatic rings. The number of halogens is 1. The van der Waals surface area contributed by atoms with Gasteiger partial charge in [0, 0.05) is 57.4 Å². The number of fused-ring (bicyclic) bond motifs is 1. The number of aliphatic imine (C=N–C) groups is 1. The van der Waals surface area contributed by atoms with Gasteiger partial charge < -0.3 is 20.5 Å². The molecule has 2 heterocycles. The molecule has 1 aromatic heterocycles. The van der Waals surface area contributed by atoms with E-state index in [-0.39, 0.29) is 17.8 Å². The molecule has 3 rings (SSSR count). The van der Waals surface area contributed by atoms with Crippen molar-refractivity contribution in [3.8, 4) is 0 Å². The van der Waals surface area contributed by atoms with E-state index in [1.165, 1.54) is 12.1 Å². The molecule has 31 heavy (non-hydrogen) atoms. The van der Waals surface area contributed by atoms with Crippen molar-refractivity contribution in [1.82, 2.24) is 25.4 Å². The molecule has 1 saturated heterocycles. The van der Waals surface area contributed by atoms with Crippen LogP contribution in [0.25, 0.3) is 10.9 Å². The van der Waals surface area contributed by atoms with Crippen molar-refractivity contribution in [1.29, 1.82) is 0 Å². The van der Waals surface area contributed by atoms with Gasteiger partial charge in [0.25, 0.3) is 0 Å². The van der Waals surface area contributed by atoms with Crippen LogP contribution in [0.1, 0.15) is 31.7 Å². The number of rotatable bonds is 9. The SMILES string of the molecule is CCNC(=NCCCN1CCCC1C(=O)N(C)C)NCCc1c[nH]c2cc(F)ccc12. The van der Waals surface area contributed by atoms with Gasteiger partial charge in [0.15, 0.2) is 5.96 Å². The minimum absolute atomic E-state index is 0.0231. The zero-order chi connectivity index (χ0) is 22.2. The van der Waals surface area contributed by atoms with Gasteiger partial charge in [-0.15, -0.1) is 0 Å². The number of hydrogen-bond acceptors (Lipinski definition) is 3. The first kappa shape index (κ1) is 23.1. The number of likely N-dealkylation sites (tertiary alicyclic amines) is 1. The molecule has 8 heteroatoms. The van der Waals surface area contributed by atoms with Crippen LogP contribution in [0.3, 0.4) is 0 Å². The van der Waals surface area contributed by atoms with E-state index in [0.29, 0.717) is 6.54 Å². The van der Waals surface area contributed by atoms with Crippen LogP contribution in [0.15, 0.2) is 29.4 Å². The van der Waals surface area contributed by atoms with Crippen molar-refractivity contribution >= 4 is 22.8 Å². The topological polar surface area (TPSA) is 75.8 Å². The molecule has 0 spiro atoms. The van der Waals surface area contributed by atoms with Gasteiger partial charge in [0.2, 0.25) is 5.91 Å². The van der Waals surface area contributed by atoms with Crippen LogP contribution in [0.2, 0.25) is 0 Å². The Balaban J connectivity index is 1.46. The summed E-state index contributed by atoms with van der Waals surface area (Å²) in [5, 5.41) is 7.72. The van der Waals surface area contributed by atoms with E-state index in [0.717, 1.165) is 74.3 Å². The van der Waals surface area contributed by atoms with Gasteiger partial charge in [-0.05, 0) is 62.9 Å². The summed E-state index contributed by atoms with van der Waals surface area (Å²) < 4.78 is 13.4. The number of likely N-dealkylation sites (N-methyl/N-ethyl adjacent to an activating group) is 1. The van der Waals surface area contributed by atoms with E-state index >= 15 is 0 Å². The standard InChI is InChI=1S/C23H35FN6O/c1-4-25-23(26-11-6-14-30-13-5-7-21(30)22(31)29(2)3)27-12-10-17-16-28-20-15-18(24)8-9-19(17)20/h8-9,15-16,21,28H,4-7,10-14H2,1-3H3,(H2,25,26,27). The van der Waals surface area contributed by atoms with Gasteiger partial charge >= 0.3 is 0 Å². The van der Waals surface area contributed by atoms with Gasteiger partial charge in [-0.3, -0.25) is 14.7 Å². The highest BCUT2D eigenvalue weighted by molar-refractivity contribution is 5.83. The maximum Gasteiger partial charge on any atom is 0.239 e. The first-order valence-corrected chi connectivity index (χ1v) is 11.2. The number of nitrogens with zero attached hydrogens (tertiary/aromatic N) is 3. The van der Waals surface area contributed by atoms with E-state index in [4.69, 9.17) is 0 Å². The van der Waals surface area contributed by atoms with E-state index in [9.17, 15) is 9.18 Å². The fraction of sp³-hybridized carbons (Fsp3) is 0.565. The van der Waals surface area contributed by atoms with Crippen LogP contribution < -0.4 is 10.6 Å². The smallest absolute Gasteiger partial charge is 0.239 e. The number of nitrogens with one attached hydrogen (secondary N) is 3. The zero-order valence-corrected chi connectivity index (χ0v) is 18.9. The van der Waals surface area contributed by atoms with Gasteiger partial charge in [0.05, 0.1) is 6.04 Å². The van der Waals surface area contributed by atoms with Crippen LogP contribution in [0, 0.1) is 5.82 Å². The fourth-order valence-electron chi connectivity index (χ4n) is 4.16. The average Bonchev–Trinajstić information content (AvgIpc) is 3.37. The van der Waals surface area contributed by atoms with Gasteiger partial charge in [-0.2, -0.15) is 0 Å². The molecule has 0 radical (unpaired) electrons. The van der Waals surface area contributed by atoms with Crippen molar-refractivity contribution in [2.45, 2.75) is 38.6 Å². The highest BCUT2D eigenvalue weighted by atomic mass is 19.1. The second kappa shape index (κ2) is 11.1. The third-order valence-corrected chi connectivity index (χ3v) is 5.72. The average molecular weight is 431 g/mol. The Kier molecular flexibility index (Phi) is 8.28. The lowest BCUT2D eigenvalue weighted by atomic mass is 10.1. The summed E-state index contributed by atoms with van der Waals surface area (Å²) in [6.07, 6.45) is 5.71. The van der Waals surface area contributed by atoms with Crippen molar-refractivity contribution < 1.29 is 9.18 Å². The molecule has 1 aliphatic heterocycles. The molecule has 0 aliphatic carbocycles. The predicted molar refractivity (Wildman–Crippen MR) is 124 cm³/mol. The molecular formula is C23H35FN6O. The lowest BCUT2D eigenvalue weighted by Gasteiger charge is -2.25. The van der Waals surface area contributed by atoms with Gasteiger partial charge in [-0.25, -0.2) is 4.39 Å². The quantitative estimate of drug-likeness (QED) is 0.324. The van der Waals surface area contributed by atoms with Crippen LogP contribution in [-0.4, -0.2) is 79.5 Å². The lowest BCUT2D eigenvalue weighted by Crippen LogP contribution is -2.43. The van der Waals surface area contributed by atoms with Crippen LogP contribution in [0.4, 0.5) is 4.39 Å². The molecule has 1 unspecified atom stereocenters. The molecule has 1 aromatic carbocycles. The molecule has 7 nitrogen and oxygen atoms in total. The minimum atomic E-state index is -0.230. The monoisotopic (exact) mass is 430 g/mol. The first-order chi connectivity index (χ1) is 15.0. The molecule has 1 amide bonds. The predicted octanol–water partition coefficient (Wildman–Crippen LogP) is 2.35. The number of amides is 1. The summed E-state index contributed by atoms with van der Waals surface area (Å²) in [7, 11) is 3.65. The molecule has 1 aliphatic rings. The normalized spacial score (nSPS) is 17.3. The largest absolute Gasteiger partial charge is 0.361 e. The van der Waals surface area contributed by atoms with Crippen molar-refractivity contribution in [3.63, 3.8) is 0 Å². The molecule has 0 bridgehead atoms. The summed E-state index contributed by atoms with van der Waals surface area (Å²) in [6, 6.07) is 4.86. The number of aromatic amines is 1. The Morgan fingerprint density at radius 2 is 2.19 bits per heavy atom. The van der Waals surface area contributed by atoms with Crippen molar-refractivity contribution in [2.75, 3.05) is 46.8 Å². The second-order valence-corrected chi connectivity index (χ2v) is 8.22. The third kappa shape index (κ3) is 6.19. The molecule has 0 saturated carbocycles. The number of carbonyl (C=O) groups excluding carboxylic acids is 1. The number of benzene rings is 1. The maximum absolute atomic E-state index is 13.4. The van der Waals surface area contributed by atoms with E-state index < -0.39 is 0 Å². The first-order valence-electron chi connectivity index (χ1n) is 11.2. The van der Waals surface area contributed by atoms with E-state index in [1.807, 2.05) is 33.3 Å². The van der Waals surface area contributed by atoms with Crippen molar-refractivity contribution in [3.05, 3.63) is 35.8 Å². The molecule has 170 valence electrons. The van der Waals surface area contributed by atoms with E-state index in [1.54, 1.807) is 4.90 Å². The highest BCUT2D eigenvalue weighted by Gasteiger charge is 2.30. The Hall–Kier alpha value is -2.61. The molecule has 1 atom stereocenters. The third-order valence-electron chi connectivity index (χ3n) is 5.72. The highest BCUT2D eigenvalue weighted by Crippen LogP contribution is 2.20.